The fourth-order valence-electron chi connectivity index (χ4n) is 4.01. The second-order valence-corrected chi connectivity index (χ2v) is 8.17. The van der Waals surface area contributed by atoms with Crippen LogP contribution in [0.15, 0.2) is 18.2 Å². The van der Waals surface area contributed by atoms with Gasteiger partial charge in [0.2, 0.25) is 0 Å². The smallest absolute Gasteiger partial charge is 0.123 e. The summed E-state index contributed by atoms with van der Waals surface area (Å²) in [6.07, 6.45) is 0.524. The van der Waals surface area contributed by atoms with Crippen LogP contribution in [0.4, 0.5) is 0 Å². The number of likely N-dealkylation sites (tertiary alicyclic amines) is 1. The molecule has 0 saturated carbocycles. The largest absolute Gasteiger partial charge is 0.494 e. The molecule has 1 aromatic carbocycles. The highest BCUT2D eigenvalue weighted by molar-refractivity contribution is 5.44. The predicted octanol–water partition coefficient (Wildman–Crippen LogP) is 3.58. The molecule has 0 spiro atoms. The van der Waals surface area contributed by atoms with Gasteiger partial charge >= 0.3 is 0 Å². The number of rotatable bonds is 7. The Morgan fingerprint density at radius 1 is 1.26 bits per heavy atom. The van der Waals surface area contributed by atoms with E-state index in [1.807, 2.05) is 13.8 Å². The minimum absolute atomic E-state index is 0.236. The van der Waals surface area contributed by atoms with Crippen LogP contribution >= 0.6 is 0 Å². The van der Waals surface area contributed by atoms with Crippen LogP contribution in [0.2, 0.25) is 0 Å². The van der Waals surface area contributed by atoms with Crippen molar-refractivity contribution in [3.63, 3.8) is 0 Å². The number of nitrogens with zero attached hydrogens (tertiary/aromatic N) is 2. The lowest BCUT2D eigenvalue weighted by molar-refractivity contribution is 0.140. The second kappa shape index (κ2) is 8.44. The van der Waals surface area contributed by atoms with Gasteiger partial charge in [-0.1, -0.05) is 19.9 Å². The van der Waals surface area contributed by atoms with E-state index < -0.39 is 0 Å². The van der Waals surface area contributed by atoms with Gasteiger partial charge < -0.3 is 9.84 Å². The monoisotopic (exact) mass is 371 g/mol. The lowest BCUT2D eigenvalue weighted by Gasteiger charge is -2.21. The SMILES string of the molecule is CCOc1cc(C)c(CN2C[C@@H](Cc3cc(C)[nH]n3)[C@H](O)C2)cc1C(C)C. The molecule has 1 aromatic heterocycles. The highest BCUT2D eigenvalue weighted by atomic mass is 16.5. The molecule has 1 fully saturated rings. The lowest BCUT2D eigenvalue weighted by atomic mass is 9.96. The number of aliphatic hydroxyl groups is 1. The van der Waals surface area contributed by atoms with Gasteiger partial charge in [0.25, 0.3) is 0 Å². The van der Waals surface area contributed by atoms with Gasteiger partial charge in [-0.3, -0.25) is 10.00 Å². The first-order valence-electron chi connectivity index (χ1n) is 10.0. The third-order valence-corrected chi connectivity index (χ3v) is 5.50. The Balaban J connectivity index is 1.70. The summed E-state index contributed by atoms with van der Waals surface area (Å²) in [6.45, 7) is 13.8. The van der Waals surface area contributed by atoms with Crippen LogP contribution in [0.3, 0.4) is 0 Å². The van der Waals surface area contributed by atoms with Crippen molar-refractivity contribution in [1.82, 2.24) is 15.1 Å². The Labute approximate surface area is 162 Å². The van der Waals surface area contributed by atoms with Gasteiger partial charge in [-0.25, -0.2) is 0 Å². The highest BCUT2D eigenvalue weighted by Crippen LogP contribution is 2.31. The molecule has 2 aromatic rings. The van der Waals surface area contributed by atoms with Gasteiger partial charge in [-0.05, 0) is 61.9 Å². The van der Waals surface area contributed by atoms with E-state index in [9.17, 15) is 5.11 Å². The number of hydrogen-bond donors (Lipinski definition) is 2. The third kappa shape index (κ3) is 4.71. The van der Waals surface area contributed by atoms with Crippen LogP contribution in [0.1, 0.15) is 54.8 Å². The summed E-state index contributed by atoms with van der Waals surface area (Å²) in [5, 5.41) is 17.8. The molecule has 3 rings (SSSR count). The quantitative estimate of drug-likeness (QED) is 0.781. The van der Waals surface area contributed by atoms with Gasteiger partial charge in [-0.2, -0.15) is 5.10 Å². The van der Waals surface area contributed by atoms with E-state index in [2.05, 4.69) is 54.1 Å². The lowest BCUT2D eigenvalue weighted by Crippen LogP contribution is -2.22. The van der Waals surface area contributed by atoms with E-state index in [-0.39, 0.29) is 12.0 Å². The number of aryl methyl sites for hydroxylation is 2. The molecule has 0 unspecified atom stereocenters. The zero-order chi connectivity index (χ0) is 19.6. The van der Waals surface area contributed by atoms with E-state index in [1.54, 1.807) is 0 Å². The molecule has 148 valence electrons. The normalized spacial score (nSPS) is 20.6. The van der Waals surface area contributed by atoms with Gasteiger partial charge in [0.05, 0.1) is 18.4 Å². The van der Waals surface area contributed by atoms with Crippen molar-refractivity contribution in [2.24, 2.45) is 5.92 Å². The third-order valence-electron chi connectivity index (χ3n) is 5.50. The molecule has 1 aliphatic rings. The summed E-state index contributed by atoms with van der Waals surface area (Å²) in [5.41, 5.74) is 5.95. The van der Waals surface area contributed by atoms with Crippen LogP contribution < -0.4 is 4.74 Å². The predicted molar refractivity (Wildman–Crippen MR) is 108 cm³/mol. The molecule has 5 nitrogen and oxygen atoms in total. The maximum atomic E-state index is 10.5. The zero-order valence-electron chi connectivity index (χ0n) is 17.2. The summed E-state index contributed by atoms with van der Waals surface area (Å²) in [6, 6.07) is 6.54. The molecule has 0 aliphatic carbocycles. The Morgan fingerprint density at radius 3 is 2.67 bits per heavy atom. The molecule has 1 saturated heterocycles. The van der Waals surface area contributed by atoms with E-state index in [0.717, 1.165) is 43.2 Å². The van der Waals surface area contributed by atoms with E-state index in [1.165, 1.54) is 16.7 Å². The molecule has 5 heteroatoms. The van der Waals surface area contributed by atoms with Crippen LogP contribution in [-0.2, 0) is 13.0 Å². The molecule has 1 aliphatic heterocycles. The number of benzene rings is 1. The summed E-state index contributed by atoms with van der Waals surface area (Å²) in [5.74, 6) is 1.66. The molecule has 27 heavy (non-hydrogen) atoms. The molecule has 0 radical (unpaired) electrons. The molecular formula is C22H33N3O2. The maximum absolute atomic E-state index is 10.5. The molecule has 0 amide bonds. The molecule has 0 bridgehead atoms. The van der Waals surface area contributed by atoms with Crippen molar-refractivity contribution in [3.05, 3.63) is 46.3 Å². The van der Waals surface area contributed by atoms with E-state index in [4.69, 9.17) is 4.74 Å². The van der Waals surface area contributed by atoms with Gasteiger partial charge in [0, 0.05) is 31.2 Å². The first kappa shape index (κ1) is 19.9. The number of aliphatic hydroxyl groups excluding tert-OH is 1. The molecule has 2 atom stereocenters. The number of hydrogen-bond acceptors (Lipinski definition) is 4. The van der Waals surface area contributed by atoms with Crippen molar-refractivity contribution in [1.29, 1.82) is 0 Å². The fraction of sp³-hybridized carbons (Fsp3) is 0.591. The highest BCUT2D eigenvalue weighted by Gasteiger charge is 2.32. The Kier molecular flexibility index (Phi) is 6.22. The number of β-amino-alcohol motifs (C(OH)–C–C–N with tert-alkyl or cyclic N) is 1. The summed E-state index contributed by atoms with van der Waals surface area (Å²) in [4.78, 5) is 2.36. The Bertz CT molecular complexity index is 769. The number of aromatic amines is 1. The number of aromatic nitrogens is 2. The van der Waals surface area contributed by atoms with Crippen LogP contribution in [0.25, 0.3) is 0 Å². The van der Waals surface area contributed by atoms with Crippen molar-refractivity contribution in [3.8, 4) is 5.75 Å². The van der Waals surface area contributed by atoms with Crippen molar-refractivity contribution in [2.75, 3.05) is 19.7 Å². The standard InChI is InChI=1S/C22H33N3O2/c1-6-27-22-7-15(4)17(10-20(22)14(2)3)11-25-12-18(21(26)13-25)9-19-8-16(5)23-24-19/h7-8,10,14,18,21,26H,6,9,11-13H2,1-5H3,(H,23,24)/t18-,21-/m1/s1. The van der Waals surface area contributed by atoms with Crippen molar-refractivity contribution < 1.29 is 9.84 Å². The first-order chi connectivity index (χ1) is 12.9. The molecule has 2 heterocycles. The van der Waals surface area contributed by atoms with Crippen LogP contribution in [0.5, 0.6) is 5.75 Å². The summed E-state index contributed by atoms with van der Waals surface area (Å²) < 4.78 is 5.84. The number of H-pyrrole nitrogens is 1. The molecule has 2 N–H and O–H groups in total. The topological polar surface area (TPSA) is 61.4 Å². The van der Waals surface area contributed by atoms with Crippen LogP contribution in [0, 0.1) is 19.8 Å². The average molecular weight is 372 g/mol. The van der Waals surface area contributed by atoms with Crippen LogP contribution in [-0.4, -0.2) is 46.0 Å². The van der Waals surface area contributed by atoms with Gasteiger partial charge in [0.1, 0.15) is 5.75 Å². The molecular weight excluding hydrogens is 338 g/mol. The fourth-order valence-corrected chi connectivity index (χ4v) is 4.01. The summed E-state index contributed by atoms with van der Waals surface area (Å²) in [7, 11) is 0. The Hall–Kier alpha value is -1.85. The van der Waals surface area contributed by atoms with E-state index >= 15 is 0 Å². The number of ether oxygens (including phenoxy) is 1. The Morgan fingerprint density at radius 2 is 2.04 bits per heavy atom. The average Bonchev–Trinajstić information content (AvgIpc) is 3.16. The second-order valence-electron chi connectivity index (χ2n) is 8.17. The van der Waals surface area contributed by atoms with Gasteiger partial charge in [-0.15, -0.1) is 0 Å². The number of nitrogens with one attached hydrogen (secondary N) is 1. The van der Waals surface area contributed by atoms with Gasteiger partial charge in [0.15, 0.2) is 0 Å². The van der Waals surface area contributed by atoms with Crippen molar-refractivity contribution >= 4 is 0 Å². The minimum atomic E-state index is -0.297. The van der Waals surface area contributed by atoms with E-state index in [0.29, 0.717) is 12.5 Å². The summed E-state index contributed by atoms with van der Waals surface area (Å²) >= 11 is 0. The maximum Gasteiger partial charge on any atom is 0.123 e. The van der Waals surface area contributed by atoms with Crippen molar-refractivity contribution in [2.45, 2.75) is 59.6 Å². The minimum Gasteiger partial charge on any atom is -0.494 e. The first-order valence-corrected chi connectivity index (χ1v) is 10.0. The zero-order valence-corrected chi connectivity index (χ0v) is 17.2.